The van der Waals surface area contributed by atoms with Gasteiger partial charge in [-0.05, 0) is 0 Å². The number of hydrogen-bond acceptors (Lipinski definition) is 3. The van der Waals surface area contributed by atoms with Crippen LogP contribution in [0.4, 0.5) is 19.0 Å². The summed E-state index contributed by atoms with van der Waals surface area (Å²) in [4.78, 5) is 10.8. The molecule has 2 N–H and O–H groups in total. The minimum atomic E-state index is -4.97. The van der Waals surface area contributed by atoms with Crippen LogP contribution in [0.1, 0.15) is 0 Å². The Morgan fingerprint density at radius 1 is 1.17 bits per heavy atom. The molecule has 2 aromatic rings. The van der Waals surface area contributed by atoms with E-state index in [2.05, 4.69) is 15.4 Å². The van der Waals surface area contributed by atoms with Crippen LogP contribution in [0.25, 0.3) is 11.3 Å². The molecule has 0 radical (unpaired) electrons. The highest BCUT2D eigenvalue weighted by Crippen LogP contribution is 2.24. The first-order valence-electron chi connectivity index (χ1n) is 4.83. The van der Waals surface area contributed by atoms with Crippen molar-refractivity contribution in [1.29, 1.82) is 0 Å². The van der Waals surface area contributed by atoms with E-state index in [0.29, 0.717) is 5.56 Å². The van der Waals surface area contributed by atoms with Crippen LogP contribution < -0.4 is 5.32 Å². The first kappa shape index (κ1) is 12.1. The van der Waals surface area contributed by atoms with Crippen LogP contribution in [-0.4, -0.2) is 27.5 Å². The number of benzene rings is 1. The number of carbonyl (C=O) groups is 1. The van der Waals surface area contributed by atoms with Gasteiger partial charge in [-0.3, -0.25) is 10.1 Å². The quantitative estimate of drug-likeness (QED) is 0.862. The van der Waals surface area contributed by atoms with E-state index in [1.807, 2.05) is 0 Å². The van der Waals surface area contributed by atoms with E-state index in [1.54, 1.807) is 35.6 Å². The van der Waals surface area contributed by atoms with Gasteiger partial charge in [0.1, 0.15) is 5.69 Å². The molecule has 1 aromatic carbocycles. The third-order valence-corrected chi connectivity index (χ3v) is 2.08. The SMILES string of the molecule is O=C(Nc1n[nH]nc1-c1ccccc1)C(F)(F)F. The van der Waals surface area contributed by atoms with Crippen LogP contribution in [0.5, 0.6) is 0 Å². The number of amides is 1. The van der Waals surface area contributed by atoms with Gasteiger partial charge in [0.05, 0.1) is 0 Å². The molecular weight excluding hydrogens is 249 g/mol. The van der Waals surface area contributed by atoms with E-state index >= 15 is 0 Å². The summed E-state index contributed by atoms with van der Waals surface area (Å²) < 4.78 is 36.3. The third-order valence-electron chi connectivity index (χ3n) is 2.08. The van der Waals surface area contributed by atoms with Crippen LogP contribution in [0.2, 0.25) is 0 Å². The van der Waals surface area contributed by atoms with Crippen molar-refractivity contribution in [3.8, 4) is 11.3 Å². The Kier molecular flexibility index (Phi) is 3.00. The van der Waals surface area contributed by atoms with Crippen LogP contribution in [-0.2, 0) is 4.79 Å². The van der Waals surface area contributed by atoms with Gasteiger partial charge in [-0.2, -0.15) is 23.5 Å². The number of nitrogens with zero attached hydrogens (tertiary/aromatic N) is 2. The molecule has 1 amide bonds. The maximum Gasteiger partial charge on any atom is 0.471 e. The summed E-state index contributed by atoms with van der Waals surface area (Å²) in [5.74, 6) is -2.35. The van der Waals surface area contributed by atoms with Crippen molar-refractivity contribution in [2.75, 3.05) is 5.32 Å². The monoisotopic (exact) mass is 256 g/mol. The van der Waals surface area contributed by atoms with E-state index in [4.69, 9.17) is 0 Å². The van der Waals surface area contributed by atoms with E-state index in [9.17, 15) is 18.0 Å². The molecule has 0 fully saturated rings. The number of nitrogens with one attached hydrogen (secondary N) is 2. The number of halogens is 3. The molecule has 8 heteroatoms. The topological polar surface area (TPSA) is 70.7 Å². The van der Waals surface area contributed by atoms with Crippen LogP contribution in [0.3, 0.4) is 0 Å². The van der Waals surface area contributed by atoms with Gasteiger partial charge in [0.2, 0.25) is 0 Å². The van der Waals surface area contributed by atoms with Crippen molar-refractivity contribution in [3.05, 3.63) is 30.3 Å². The summed E-state index contributed by atoms with van der Waals surface area (Å²) in [7, 11) is 0. The first-order valence-corrected chi connectivity index (χ1v) is 4.83. The van der Waals surface area contributed by atoms with Crippen molar-refractivity contribution >= 4 is 11.7 Å². The predicted octanol–water partition coefficient (Wildman–Crippen LogP) is 1.97. The highest BCUT2D eigenvalue weighted by molar-refractivity contribution is 5.96. The van der Waals surface area contributed by atoms with Gasteiger partial charge in [0.15, 0.2) is 5.82 Å². The fourth-order valence-electron chi connectivity index (χ4n) is 1.29. The van der Waals surface area contributed by atoms with Gasteiger partial charge in [-0.25, -0.2) is 0 Å². The number of aromatic amines is 1. The average Bonchev–Trinajstić information content (AvgIpc) is 2.77. The number of alkyl halides is 3. The number of anilines is 1. The zero-order valence-corrected chi connectivity index (χ0v) is 8.82. The Hall–Kier alpha value is -2.38. The van der Waals surface area contributed by atoms with E-state index in [0.717, 1.165) is 0 Å². The van der Waals surface area contributed by atoms with E-state index in [1.165, 1.54) is 0 Å². The molecule has 0 unspecified atom stereocenters. The zero-order valence-electron chi connectivity index (χ0n) is 8.82. The van der Waals surface area contributed by atoms with E-state index in [-0.39, 0.29) is 11.5 Å². The molecule has 0 spiro atoms. The average molecular weight is 256 g/mol. The van der Waals surface area contributed by atoms with Gasteiger partial charge in [0.25, 0.3) is 0 Å². The maximum absolute atomic E-state index is 12.1. The number of rotatable bonds is 2. The minimum absolute atomic E-state index is 0.146. The largest absolute Gasteiger partial charge is 0.471 e. The Labute approximate surface area is 99.0 Å². The predicted molar refractivity (Wildman–Crippen MR) is 56.5 cm³/mol. The molecule has 2 rings (SSSR count). The van der Waals surface area contributed by atoms with Gasteiger partial charge in [0, 0.05) is 5.56 Å². The second kappa shape index (κ2) is 4.47. The number of hydrogen-bond donors (Lipinski definition) is 2. The van der Waals surface area contributed by atoms with Gasteiger partial charge < -0.3 is 0 Å². The van der Waals surface area contributed by atoms with Crippen molar-refractivity contribution in [1.82, 2.24) is 15.4 Å². The summed E-state index contributed by atoms with van der Waals surface area (Å²) in [5.41, 5.74) is 0.692. The fraction of sp³-hybridized carbons (Fsp3) is 0.100. The van der Waals surface area contributed by atoms with E-state index < -0.39 is 12.1 Å². The molecule has 0 saturated carbocycles. The lowest BCUT2D eigenvalue weighted by atomic mass is 10.1. The fourth-order valence-corrected chi connectivity index (χ4v) is 1.29. The molecule has 1 aromatic heterocycles. The Bertz CT molecular complexity index is 550. The molecule has 0 bridgehead atoms. The maximum atomic E-state index is 12.1. The van der Waals surface area contributed by atoms with Crippen molar-refractivity contribution in [2.24, 2.45) is 0 Å². The lowest BCUT2D eigenvalue weighted by Gasteiger charge is -2.06. The van der Waals surface area contributed by atoms with Crippen LogP contribution in [0.15, 0.2) is 30.3 Å². The summed E-state index contributed by atoms with van der Waals surface area (Å²) in [5, 5.41) is 11.0. The molecule has 0 atom stereocenters. The Morgan fingerprint density at radius 3 is 2.44 bits per heavy atom. The Morgan fingerprint density at radius 2 is 1.83 bits per heavy atom. The molecule has 5 nitrogen and oxygen atoms in total. The zero-order chi connectivity index (χ0) is 13.2. The summed E-state index contributed by atoms with van der Waals surface area (Å²) in [6.07, 6.45) is -4.97. The van der Waals surface area contributed by atoms with Crippen molar-refractivity contribution < 1.29 is 18.0 Å². The standard InChI is InChI=1S/C10H7F3N4O/c11-10(12,13)9(18)14-8-7(15-17-16-8)6-4-2-1-3-5-6/h1-5H,(H2,14,15,16,17,18). The highest BCUT2D eigenvalue weighted by atomic mass is 19.4. The molecular formula is C10H7F3N4O. The summed E-state index contributed by atoms with van der Waals surface area (Å²) in [6.45, 7) is 0. The van der Waals surface area contributed by atoms with Crippen LogP contribution >= 0.6 is 0 Å². The van der Waals surface area contributed by atoms with Gasteiger partial charge in [-0.15, -0.1) is 5.10 Å². The number of aromatic nitrogens is 3. The molecule has 18 heavy (non-hydrogen) atoms. The minimum Gasteiger partial charge on any atom is -0.299 e. The van der Waals surface area contributed by atoms with Gasteiger partial charge >= 0.3 is 12.1 Å². The molecule has 94 valence electrons. The molecule has 1 heterocycles. The molecule has 0 aliphatic heterocycles. The molecule has 0 saturated heterocycles. The first-order chi connectivity index (χ1) is 8.48. The van der Waals surface area contributed by atoms with Crippen molar-refractivity contribution in [3.63, 3.8) is 0 Å². The lowest BCUT2D eigenvalue weighted by Crippen LogP contribution is -2.30. The normalized spacial score (nSPS) is 11.3. The highest BCUT2D eigenvalue weighted by Gasteiger charge is 2.39. The smallest absolute Gasteiger partial charge is 0.299 e. The molecule has 0 aliphatic rings. The summed E-state index contributed by atoms with van der Waals surface area (Å²) in [6, 6.07) is 8.42. The Balaban J connectivity index is 2.27. The second-order valence-corrected chi connectivity index (χ2v) is 3.34. The number of H-pyrrole nitrogens is 1. The molecule has 0 aliphatic carbocycles. The van der Waals surface area contributed by atoms with Gasteiger partial charge in [-0.1, -0.05) is 30.3 Å². The van der Waals surface area contributed by atoms with Crippen molar-refractivity contribution in [2.45, 2.75) is 6.18 Å². The second-order valence-electron chi connectivity index (χ2n) is 3.34. The number of carbonyl (C=O) groups excluding carboxylic acids is 1. The lowest BCUT2D eigenvalue weighted by molar-refractivity contribution is -0.167. The third kappa shape index (κ3) is 2.47. The van der Waals surface area contributed by atoms with Crippen LogP contribution in [0, 0.1) is 0 Å². The summed E-state index contributed by atoms with van der Waals surface area (Å²) >= 11 is 0.